The predicted octanol–water partition coefficient (Wildman–Crippen LogP) is 2.24. The largest absolute Gasteiger partial charge is 0.357 e. The maximum Gasteiger partial charge on any atom is 0.257 e. The van der Waals surface area contributed by atoms with E-state index in [1.165, 1.54) is 6.07 Å². The summed E-state index contributed by atoms with van der Waals surface area (Å²) in [5.41, 5.74) is 0. The number of aliphatic imine (C=N–C) groups is 1. The van der Waals surface area contributed by atoms with Gasteiger partial charge >= 0.3 is 0 Å². The Kier molecular flexibility index (Phi) is 8.42. The van der Waals surface area contributed by atoms with Crippen molar-refractivity contribution < 1.29 is 13.2 Å². The quantitative estimate of drug-likeness (QED) is 0.417. The van der Waals surface area contributed by atoms with Gasteiger partial charge in [-0.15, -0.1) is 24.0 Å². The van der Waals surface area contributed by atoms with Crippen LogP contribution in [0.2, 0.25) is 0 Å². The number of aromatic nitrogens is 1. The topological polar surface area (TPSA) is 52.6 Å². The molecule has 0 spiro atoms. The number of nitrogens with one attached hydrogen (secondary N) is 2. The molecule has 0 aliphatic carbocycles. The molecule has 130 valence electrons. The lowest BCUT2D eigenvalue weighted by Gasteiger charge is -2.19. The van der Waals surface area contributed by atoms with Crippen LogP contribution in [0.1, 0.15) is 13.3 Å². The van der Waals surface area contributed by atoms with Crippen molar-refractivity contribution >= 4 is 35.8 Å². The summed E-state index contributed by atoms with van der Waals surface area (Å²) in [5, 5.41) is 6.03. The SMILES string of the molecule is CCNC(=NCC(F)F)NC1CCN(c2ncccc2F)C1.I. The Morgan fingerprint density at radius 2 is 2.30 bits per heavy atom. The normalized spacial score (nSPS) is 18.0. The highest BCUT2D eigenvalue weighted by molar-refractivity contribution is 14.0. The average Bonchev–Trinajstić information content (AvgIpc) is 2.94. The summed E-state index contributed by atoms with van der Waals surface area (Å²) < 4.78 is 38.2. The number of anilines is 1. The minimum absolute atomic E-state index is 0. The number of hydrogen-bond donors (Lipinski definition) is 2. The number of guanidine groups is 1. The van der Waals surface area contributed by atoms with E-state index in [1.807, 2.05) is 11.8 Å². The van der Waals surface area contributed by atoms with Gasteiger partial charge in [0, 0.05) is 31.9 Å². The van der Waals surface area contributed by atoms with Crippen LogP contribution in [-0.4, -0.2) is 49.6 Å². The second-order valence-electron chi connectivity index (χ2n) is 5.00. The summed E-state index contributed by atoms with van der Waals surface area (Å²) in [4.78, 5) is 9.71. The van der Waals surface area contributed by atoms with Crippen LogP contribution in [0.5, 0.6) is 0 Å². The summed E-state index contributed by atoms with van der Waals surface area (Å²) in [6.45, 7) is 3.11. The van der Waals surface area contributed by atoms with Crippen LogP contribution in [-0.2, 0) is 0 Å². The molecule has 0 bridgehead atoms. The number of rotatable bonds is 5. The molecule has 1 aromatic heterocycles. The van der Waals surface area contributed by atoms with Crippen molar-refractivity contribution in [3.63, 3.8) is 0 Å². The fourth-order valence-corrected chi connectivity index (χ4v) is 2.35. The van der Waals surface area contributed by atoms with E-state index in [-0.39, 0.29) is 35.8 Å². The lowest BCUT2D eigenvalue weighted by atomic mass is 10.3. The third-order valence-electron chi connectivity index (χ3n) is 3.30. The summed E-state index contributed by atoms with van der Waals surface area (Å²) in [5.74, 6) is 0.318. The molecule has 0 radical (unpaired) electrons. The molecule has 2 heterocycles. The molecule has 2 N–H and O–H groups in total. The molecule has 0 amide bonds. The van der Waals surface area contributed by atoms with Crippen LogP contribution < -0.4 is 15.5 Å². The number of alkyl halides is 2. The number of hydrogen-bond acceptors (Lipinski definition) is 3. The molecule has 9 heteroatoms. The minimum atomic E-state index is -2.47. The Hall–Kier alpha value is -1.26. The van der Waals surface area contributed by atoms with Crippen molar-refractivity contribution in [3.8, 4) is 0 Å². The highest BCUT2D eigenvalue weighted by Gasteiger charge is 2.25. The summed E-state index contributed by atoms with van der Waals surface area (Å²) in [7, 11) is 0. The third-order valence-corrected chi connectivity index (χ3v) is 3.30. The molecule has 1 fully saturated rings. The van der Waals surface area contributed by atoms with Crippen LogP contribution in [0, 0.1) is 5.82 Å². The molecule has 1 atom stereocenters. The maximum absolute atomic E-state index is 13.7. The third kappa shape index (κ3) is 6.04. The molecule has 0 saturated carbocycles. The summed E-state index contributed by atoms with van der Waals surface area (Å²) >= 11 is 0. The average molecular weight is 443 g/mol. The Labute approximate surface area is 150 Å². The molecule has 2 rings (SSSR count). The van der Waals surface area contributed by atoms with Crippen LogP contribution in [0.4, 0.5) is 19.0 Å². The zero-order chi connectivity index (χ0) is 15.9. The molecule has 23 heavy (non-hydrogen) atoms. The second-order valence-corrected chi connectivity index (χ2v) is 5.00. The van der Waals surface area contributed by atoms with Gasteiger partial charge in [-0.1, -0.05) is 0 Å². The summed E-state index contributed by atoms with van der Waals surface area (Å²) in [6, 6.07) is 2.93. The smallest absolute Gasteiger partial charge is 0.257 e. The number of halogens is 4. The van der Waals surface area contributed by atoms with E-state index in [4.69, 9.17) is 0 Å². The van der Waals surface area contributed by atoms with Crippen LogP contribution in [0.25, 0.3) is 0 Å². The van der Waals surface area contributed by atoms with Gasteiger partial charge in [-0.05, 0) is 25.5 Å². The Morgan fingerprint density at radius 3 is 2.96 bits per heavy atom. The monoisotopic (exact) mass is 443 g/mol. The highest BCUT2D eigenvalue weighted by atomic mass is 127. The van der Waals surface area contributed by atoms with Gasteiger partial charge in [-0.3, -0.25) is 0 Å². The van der Waals surface area contributed by atoms with Crippen LogP contribution in [0.15, 0.2) is 23.3 Å². The first kappa shape index (κ1) is 19.8. The molecule has 1 aliphatic rings. The van der Waals surface area contributed by atoms with Gasteiger partial charge in [0.1, 0.15) is 6.54 Å². The van der Waals surface area contributed by atoms with Crippen molar-refractivity contribution in [1.82, 2.24) is 15.6 Å². The minimum Gasteiger partial charge on any atom is -0.357 e. The molecule has 1 aromatic rings. The fourth-order valence-electron chi connectivity index (χ4n) is 2.35. The molecule has 0 aromatic carbocycles. The van der Waals surface area contributed by atoms with E-state index in [0.717, 1.165) is 6.42 Å². The molecular formula is C14H21F3IN5. The van der Waals surface area contributed by atoms with Crippen LogP contribution in [0.3, 0.4) is 0 Å². The Balaban J connectivity index is 0.00000264. The molecule has 1 aliphatic heterocycles. The highest BCUT2D eigenvalue weighted by Crippen LogP contribution is 2.20. The van der Waals surface area contributed by atoms with E-state index >= 15 is 0 Å². The first-order chi connectivity index (χ1) is 10.6. The van der Waals surface area contributed by atoms with E-state index in [9.17, 15) is 13.2 Å². The van der Waals surface area contributed by atoms with Crippen molar-refractivity contribution in [2.24, 2.45) is 4.99 Å². The first-order valence-electron chi connectivity index (χ1n) is 7.28. The van der Waals surface area contributed by atoms with Gasteiger partial charge in [0.05, 0.1) is 0 Å². The van der Waals surface area contributed by atoms with Crippen molar-refractivity contribution in [2.45, 2.75) is 25.8 Å². The van der Waals surface area contributed by atoms with E-state index < -0.39 is 13.0 Å². The Morgan fingerprint density at radius 1 is 1.52 bits per heavy atom. The Bertz CT molecular complexity index is 515. The van der Waals surface area contributed by atoms with Gasteiger partial charge in [0.15, 0.2) is 17.6 Å². The standard InChI is InChI=1S/C14H20F3N5.HI/c1-2-18-14(20-8-12(16)17)21-10-5-7-22(9-10)13-11(15)4-3-6-19-13;/h3-4,6,10,12H,2,5,7-9H2,1H3,(H2,18,20,21);1H. The van der Waals surface area contributed by atoms with Crippen molar-refractivity contribution in [3.05, 3.63) is 24.1 Å². The fraction of sp³-hybridized carbons (Fsp3) is 0.571. The van der Waals surface area contributed by atoms with E-state index in [0.29, 0.717) is 31.4 Å². The van der Waals surface area contributed by atoms with E-state index in [1.54, 1.807) is 12.3 Å². The van der Waals surface area contributed by atoms with Crippen molar-refractivity contribution in [2.75, 3.05) is 31.1 Å². The molecule has 1 unspecified atom stereocenters. The summed E-state index contributed by atoms with van der Waals surface area (Å²) in [6.07, 6.45) is -0.166. The van der Waals surface area contributed by atoms with Crippen molar-refractivity contribution in [1.29, 1.82) is 0 Å². The number of pyridine rings is 1. The second kappa shape index (κ2) is 9.78. The molecule has 5 nitrogen and oxygen atoms in total. The molecular weight excluding hydrogens is 422 g/mol. The lowest BCUT2D eigenvalue weighted by Crippen LogP contribution is -2.45. The van der Waals surface area contributed by atoms with Gasteiger partial charge in [-0.25, -0.2) is 23.1 Å². The number of nitrogens with zero attached hydrogens (tertiary/aromatic N) is 3. The maximum atomic E-state index is 13.7. The van der Waals surface area contributed by atoms with Crippen LogP contribution >= 0.6 is 24.0 Å². The zero-order valence-corrected chi connectivity index (χ0v) is 15.1. The van der Waals surface area contributed by atoms with Gasteiger partial charge in [0.2, 0.25) is 0 Å². The van der Waals surface area contributed by atoms with Gasteiger partial charge in [0.25, 0.3) is 6.43 Å². The van der Waals surface area contributed by atoms with E-state index in [2.05, 4.69) is 20.6 Å². The first-order valence-corrected chi connectivity index (χ1v) is 7.28. The zero-order valence-electron chi connectivity index (χ0n) is 12.8. The predicted molar refractivity (Wildman–Crippen MR) is 95.3 cm³/mol. The van der Waals surface area contributed by atoms with Gasteiger partial charge < -0.3 is 15.5 Å². The van der Waals surface area contributed by atoms with Gasteiger partial charge in [-0.2, -0.15) is 0 Å². The lowest BCUT2D eigenvalue weighted by molar-refractivity contribution is 0.158. The molecule has 1 saturated heterocycles.